The lowest BCUT2D eigenvalue weighted by molar-refractivity contribution is -0.143. The van der Waals surface area contributed by atoms with Crippen molar-refractivity contribution in [1.29, 1.82) is 0 Å². The van der Waals surface area contributed by atoms with E-state index in [-0.39, 0.29) is 11.3 Å². The Bertz CT molecular complexity index is 1230. The number of hydrogen-bond acceptors (Lipinski definition) is 6. The van der Waals surface area contributed by atoms with Crippen molar-refractivity contribution in [3.8, 4) is 0 Å². The highest BCUT2D eigenvalue weighted by atomic mass is 32.2. The van der Waals surface area contributed by atoms with Gasteiger partial charge in [0.1, 0.15) is 11.6 Å². The normalized spacial score (nSPS) is 12.9. The molecule has 0 bridgehead atoms. The number of aromatic nitrogens is 1. The molecule has 0 saturated heterocycles. The van der Waals surface area contributed by atoms with E-state index in [4.69, 9.17) is 9.47 Å². The van der Waals surface area contributed by atoms with Gasteiger partial charge in [0.25, 0.3) is 10.0 Å². The number of carbonyl (C=O) groups excluding carboxylic acids is 2. The van der Waals surface area contributed by atoms with Crippen molar-refractivity contribution in [2.45, 2.75) is 43.7 Å². The molecule has 9 heteroatoms. The summed E-state index contributed by atoms with van der Waals surface area (Å²) in [5.74, 6) is -0.668. The molecule has 0 fully saturated rings. The van der Waals surface area contributed by atoms with Gasteiger partial charge in [-0.05, 0) is 44.5 Å². The summed E-state index contributed by atoms with van der Waals surface area (Å²) in [4.78, 5) is 24.8. The molecule has 0 aliphatic rings. The second-order valence-electron chi connectivity index (χ2n) is 8.21. The number of esters is 1. The van der Waals surface area contributed by atoms with Crippen molar-refractivity contribution in [1.82, 2.24) is 9.29 Å². The molecule has 0 unspecified atom stereocenters. The van der Waals surface area contributed by atoms with Gasteiger partial charge in [0.05, 0.1) is 17.5 Å². The number of para-hydroxylation sites is 1. The van der Waals surface area contributed by atoms with Gasteiger partial charge in [-0.2, -0.15) is 0 Å². The maximum atomic E-state index is 13.3. The Kier molecular flexibility index (Phi) is 6.59. The lowest BCUT2D eigenvalue weighted by Crippen LogP contribution is -2.45. The van der Waals surface area contributed by atoms with Crippen molar-refractivity contribution in [3.63, 3.8) is 0 Å². The number of alkyl carbamates (subject to hydrolysis) is 1. The average molecular weight is 459 g/mol. The van der Waals surface area contributed by atoms with E-state index in [0.717, 1.165) is 0 Å². The highest BCUT2D eigenvalue weighted by Gasteiger charge is 2.28. The minimum atomic E-state index is -3.86. The smallest absolute Gasteiger partial charge is 0.408 e. The number of benzene rings is 2. The molecule has 3 aromatic rings. The second-order valence-corrected chi connectivity index (χ2v) is 10.0. The third kappa shape index (κ3) is 5.11. The summed E-state index contributed by atoms with van der Waals surface area (Å²) in [6.45, 7) is 5.13. The lowest BCUT2D eigenvalue weighted by Gasteiger charge is -2.22. The number of nitrogens with zero attached hydrogens (tertiary/aromatic N) is 1. The van der Waals surface area contributed by atoms with Crippen LogP contribution in [0.25, 0.3) is 10.9 Å². The van der Waals surface area contributed by atoms with E-state index in [0.29, 0.717) is 16.5 Å². The standard InChI is InChI=1S/C23H26N2O6S/c1-23(2,3)31-22(27)24-19(21(26)30-4)14-16-15-25(20-13-9-8-12-18(16)20)32(28,29)17-10-6-5-7-11-17/h5-13,15,19H,14H2,1-4H3,(H,24,27)/t19-/m0/s1. The summed E-state index contributed by atoms with van der Waals surface area (Å²) in [7, 11) is -2.65. The topological polar surface area (TPSA) is 104 Å². The van der Waals surface area contributed by atoms with E-state index in [1.807, 2.05) is 0 Å². The quantitative estimate of drug-likeness (QED) is 0.567. The van der Waals surface area contributed by atoms with Gasteiger partial charge in [-0.3, -0.25) is 0 Å². The number of carbonyl (C=O) groups is 2. The van der Waals surface area contributed by atoms with Crippen molar-refractivity contribution < 1.29 is 27.5 Å². The van der Waals surface area contributed by atoms with E-state index in [9.17, 15) is 18.0 Å². The first kappa shape index (κ1) is 23.3. The monoisotopic (exact) mass is 458 g/mol. The van der Waals surface area contributed by atoms with Gasteiger partial charge in [0.2, 0.25) is 0 Å². The molecule has 0 radical (unpaired) electrons. The van der Waals surface area contributed by atoms with Crippen LogP contribution in [0.4, 0.5) is 4.79 Å². The molecule has 0 aliphatic carbocycles. The molecule has 32 heavy (non-hydrogen) atoms. The van der Waals surface area contributed by atoms with Crippen LogP contribution in [0, 0.1) is 0 Å². The van der Waals surface area contributed by atoms with Gasteiger partial charge < -0.3 is 14.8 Å². The van der Waals surface area contributed by atoms with Crippen LogP contribution in [0.15, 0.2) is 65.7 Å². The molecule has 1 aromatic heterocycles. The van der Waals surface area contributed by atoms with Crippen LogP contribution in [0.3, 0.4) is 0 Å². The van der Waals surface area contributed by atoms with Crippen LogP contribution in [0.2, 0.25) is 0 Å². The van der Waals surface area contributed by atoms with Crippen LogP contribution in [0.5, 0.6) is 0 Å². The number of methoxy groups -OCH3 is 1. The Balaban J connectivity index is 2.01. The van der Waals surface area contributed by atoms with E-state index in [1.54, 1.807) is 63.2 Å². The van der Waals surface area contributed by atoms with Crippen LogP contribution in [-0.4, -0.2) is 43.2 Å². The van der Waals surface area contributed by atoms with E-state index in [1.165, 1.54) is 29.4 Å². The maximum absolute atomic E-state index is 13.3. The number of amides is 1. The fourth-order valence-corrected chi connectivity index (χ4v) is 4.70. The predicted molar refractivity (Wildman–Crippen MR) is 120 cm³/mol. The Morgan fingerprint density at radius 1 is 1.03 bits per heavy atom. The van der Waals surface area contributed by atoms with Crippen LogP contribution in [-0.2, 0) is 30.7 Å². The van der Waals surface area contributed by atoms with Gasteiger partial charge in [0, 0.05) is 18.0 Å². The Morgan fingerprint density at radius 3 is 2.28 bits per heavy atom. The number of fused-ring (bicyclic) bond motifs is 1. The van der Waals surface area contributed by atoms with Gasteiger partial charge in [-0.1, -0.05) is 36.4 Å². The predicted octanol–water partition coefficient (Wildman–Crippen LogP) is 3.49. The molecule has 1 atom stereocenters. The first-order valence-corrected chi connectivity index (χ1v) is 11.4. The SMILES string of the molecule is COC(=O)[C@H](Cc1cn(S(=O)(=O)c2ccccc2)c2ccccc12)NC(=O)OC(C)(C)C. The number of ether oxygens (including phenoxy) is 2. The minimum absolute atomic E-state index is 0.0176. The zero-order valence-corrected chi connectivity index (χ0v) is 19.2. The molecule has 0 spiro atoms. The van der Waals surface area contributed by atoms with Gasteiger partial charge in [0.15, 0.2) is 0 Å². The maximum Gasteiger partial charge on any atom is 0.408 e. The average Bonchev–Trinajstić information content (AvgIpc) is 3.11. The highest BCUT2D eigenvalue weighted by molar-refractivity contribution is 7.90. The molecule has 1 N–H and O–H groups in total. The summed E-state index contributed by atoms with van der Waals surface area (Å²) < 4.78 is 37.8. The molecule has 1 amide bonds. The second kappa shape index (κ2) is 9.04. The fraction of sp³-hybridized carbons (Fsp3) is 0.304. The van der Waals surface area contributed by atoms with Crippen molar-refractivity contribution in [2.24, 2.45) is 0 Å². The minimum Gasteiger partial charge on any atom is -0.467 e. The van der Waals surface area contributed by atoms with Crippen LogP contribution >= 0.6 is 0 Å². The third-order valence-corrected chi connectivity index (χ3v) is 6.35. The summed E-state index contributed by atoms with van der Waals surface area (Å²) in [5, 5.41) is 3.17. The summed E-state index contributed by atoms with van der Waals surface area (Å²) >= 11 is 0. The first-order chi connectivity index (χ1) is 15.0. The molecule has 0 aliphatic heterocycles. The third-order valence-electron chi connectivity index (χ3n) is 4.66. The number of rotatable bonds is 6. The first-order valence-electron chi connectivity index (χ1n) is 10.00. The Hall–Kier alpha value is -3.33. The van der Waals surface area contributed by atoms with Crippen molar-refractivity contribution in [3.05, 3.63) is 66.4 Å². The van der Waals surface area contributed by atoms with Gasteiger partial charge in [-0.25, -0.2) is 22.0 Å². The lowest BCUT2D eigenvalue weighted by atomic mass is 10.1. The van der Waals surface area contributed by atoms with Crippen LogP contribution < -0.4 is 5.32 Å². The fourth-order valence-electron chi connectivity index (χ4n) is 3.29. The van der Waals surface area contributed by atoms with Crippen molar-refractivity contribution >= 4 is 33.0 Å². The number of nitrogens with one attached hydrogen (secondary N) is 1. The molecule has 8 nitrogen and oxygen atoms in total. The molecule has 1 heterocycles. The zero-order valence-electron chi connectivity index (χ0n) is 18.4. The highest BCUT2D eigenvalue weighted by Crippen LogP contribution is 2.27. The van der Waals surface area contributed by atoms with E-state index < -0.39 is 33.7 Å². The van der Waals surface area contributed by atoms with E-state index >= 15 is 0 Å². The van der Waals surface area contributed by atoms with Crippen LogP contribution in [0.1, 0.15) is 26.3 Å². The molecule has 0 saturated carbocycles. The van der Waals surface area contributed by atoms with Crippen molar-refractivity contribution in [2.75, 3.05) is 7.11 Å². The number of hydrogen-bond donors (Lipinski definition) is 1. The summed E-state index contributed by atoms with van der Waals surface area (Å²) in [5.41, 5.74) is 0.281. The largest absolute Gasteiger partial charge is 0.467 e. The molecule has 2 aromatic carbocycles. The zero-order chi connectivity index (χ0) is 23.5. The molecule has 3 rings (SSSR count). The molecular weight excluding hydrogens is 432 g/mol. The Morgan fingerprint density at radius 2 is 1.66 bits per heavy atom. The van der Waals surface area contributed by atoms with Gasteiger partial charge in [-0.15, -0.1) is 0 Å². The Labute approximate surface area is 187 Å². The summed E-state index contributed by atoms with van der Waals surface area (Å²) in [6, 6.07) is 14.0. The van der Waals surface area contributed by atoms with E-state index in [2.05, 4.69) is 5.32 Å². The molecule has 170 valence electrons. The van der Waals surface area contributed by atoms with Gasteiger partial charge >= 0.3 is 12.1 Å². The summed E-state index contributed by atoms with van der Waals surface area (Å²) in [6.07, 6.45) is 0.720. The molecular formula is C23H26N2O6S.